The molecular formula is C28H26N2O4S. The van der Waals surface area contributed by atoms with Crippen LogP contribution in [0.3, 0.4) is 0 Å². The number of imidazole rings is 1. The second kappa shape index (κ2) is 10.2. The Balaban J connectivity index is 1.30. The van der Waals surface area contributed by atoms with E-state index in [1.165, 1.54) is 16.9 Å². The quantitative estimate of drug-likeness (QED) is 0.274. The molecule has 0 spiro atoms. The van der Waals surface area contributed by atoms with E-state index < -0.39 is 0 Å². The number of thiazole rings is 1. The van der Waals surface area contributed by atoms with Gasteiger partial charge in [-0.3, -0.25) is 4.79 Å². The summed E-state index contributed by atoms with van der Waals surface area (Å²) >= 11 is 1.38. The van der Waals surface area contributed by atoms with E-state index >= 15 is 0 Å². The first-order valence-electron chi connectivity index (χ1n) is 11.6. The molecule has 6 nitrogen and oxygen atoms in total. The topological polar surface area (TPSA) is 62.1 Å². The predicted octanol–water partition coefficient (Wildman–Crippen LogP) is 5.01. The molecule has 0 bridgehead atoms. The lowest BCUT2D eigenvalue weighted by Crippen LogP contribution is -2.22. The van der Waals surface area contributed by atoms with Gasteiger partial charge in [0.05, 0.1) is 35.4 Å². The SMILES string of the molecule is CCOc1cc(C=c2sc3nc4ccccc4n3c2=O)ccc1OCCCOc1cccc(C)c1. The third kappa shape index (κ3) is 5.00. The lowest BCUT2D eigenvalue weighted by molar-refractivity contribution is 0.236. The molecule has 0 radical (unpaired) electrons. The third-order valence-electron chi connectivity index (χ3n) is 5.52. The highest BCUT2D eigenvalue weighted by molar-refractivity contribution is 7.15. The maximum absolute atomic E-state index is 13.0. The van der Waals surface area contributed by atoms with Crippen LogP contribution < -0.4 is 24.3 Å². The fourth-order valence-electron chi connectivity index (χ4n) is 3.90. The van der Waals surface area contributed by atoms with Crippen LogP contribution in [0.15, 0.2) is 71.5 Å². The van der Waals surface area contributed by atoms with Gasteiger partial charge in [-0.25, -0.2) is 9.38 Å². The third-order valence-corrected chi connectivity index (χ3v) is 6.48. The van der Waals surface area contributed by atoms with Crippen molar-refractivity contribution in [3.8, 4) is 17.2 Å². The summed E-state index contributed by atoms with van der Waals surface area (Å²) in [5.74, 6) is 2.20. The Kier molecular flexibility index (Phi) is 6.68. The molecule has 2 heterocycles. The number of benzene rings is 3. The molecule has 5 rings (SSSR count). The highest BCUT2D eigenvalue weighted by Crippen LogP contribution is 2.29. The molecule has 0 saturated carbocycles. The van der Waals surface area contributed by atoms with Crippen molar-refractivity contribution in [2.24, 2.45) is 0 Å². The van der Waals surface area contributed by atoms with Gasteiger partial charge in [0.25, 0.3) is 5.56 Å². The van der Waals surface area contributed by atoms with Crippen LogP contribution in [0, 0.1) is 6.92 Å². The number of hydrogen-bond donors (Lipinski definition) is 0. The van der Waals surface area contributed by atoms with E-state index in [9.17, 15) is 4.79 Å². The van der Waals surface area contributed by atoms with Crippen LogP contribution in [0.25, 0.3) is 22.1 Å². The minimum absolute atomic E-state index is 0.0643. The highest BCUT2D eigenvalue weighted by atomic mass is 32.1. The smallest absolute Gasteiger partial charge is 0.274 e. The maximum Gasteiger partial charge on any atom is 0.274 e. The van der Waals surface area contributed by atoms with Gasteiger partial charge in [0.1, 0.15) is 5.75 Å². The van der Waals surface area contributed by atoms with E-state index in [0.29, 0.717) is 40.8 Å². The molecule has 0 saturated heterocycles. The minimum Gasteiger partial charge on any atom is -0.493 e. The Hall–Kier alpha value is -3.84. The van der Waals surface area contributed by atoms with Gasteiger partial charge in [-0.15, -0.1) is 0 Å². The van der Waals surface area contributed by atoms with Crippen molar-refractivity contribution in [1.29, 1.82) is 0 Å². The Morgan fingerprint density at radius 2 is 1.80 bits per heavy atom. The van der Waals surface area contributed by atoms with Crippen molar-refractivity contribution >= 4 is 33.4 Å². The number of nitrogens with zero attached hydrogens (tertiary/aromatic N) is 2. The van der Waals surface area contributed by atoms with Crippen LogP contribution in [-0.4, -0.2) is 29.2 Å². The first kappa shape index (κ1) is 22.9. The fourth-order valence-corrected chi connectivity index (χ4v) is 4.89. The van der Waals surface area contributed by atoms with Crippen molar-refractivity contribution in [1.82, 2.24) is 9.38 Å². The molecule has 0 aliphatic heterocycles. The van der Waals surface area contributed by atoms with Crippen LogP contribution in [0.2, 0.25) is 0 Å². The monoisotopic (exact) mass is 486 g/mol. The molecule has 0 atom stereocenters. The van der Waals surface area contributed by atoms with Gasteiger partial charge in [-0.2, -0.15) is 0 Å². The lowest BCUT2D eigenvalue weighted by Gasteiger charge is -2.13. The number of hydrogen-bond acceptors (Lipinski definition) is 6. The van der Waals surface area contributed by atoms with Crippen molar-refractivity contribution in [2.75, 3.05) is 19.8 Å². The van der Waals surface area contributed by atoms with Crippen LogP contribution in [0.4, 0.5) is 0 Å². The molecule has 7 heteroatoms. The Morgan fingerprint density at radius 1 is 0.943 bits per heavy atom. The summed E-state index contributed by atoms with van der Waals surface area (Å²) in [7, 11) is 0. The standard InChI is InChI=1S/C28H26N2O4S/c1-3-32-25-17-20(12-13-24(25)34-15-7-14-33-21-9-6-8-19(2)16-21)18-26-27(31)30-23-11-5-4-10-22(23)29-28(30)35-26/h4-6,8-13,16-18H,3,7,14-15H2,1-2H3. The molecule has 35 heavy (non-hydrogen) atoms. The van der Waals surface area contributed by atoms with E-state index in [0.717, 1.165) is 28.8 Å². The van der Waals surface area contributed by atoms with Crippen LogP contribution in [0.5, 0.6) is 17.2 Å². The first-order chi connectivity index (χ1) is 17.1. The number of ether oxygens (including phenoxy) is 3. The van der Waals surface area contributed by atoms with Gasteiger partial charge in [-0.05, 0) is 67.4 Å². The zero-order chi connectivity index (χ0) is 24.2. The largest absolute Gasteiger partial charge is 0.493 e. The average Bonchev–Trinajstić information content (AvgIpc) is 3.36. The Morgan fingerprint density at radius 3 is 2.66 bits per heavy atom. The van der Waals surface area contributed by atoms with Crippen molar-refractivity contribution in [2.45, 2.75) is 20.3 Å². The summed E-state index contributed by atoms with van der Waals surface area (Å²) in [5, 5.41) is 0. The summed E-state index contributed by atoms with van der Waals surface area (Å²) < 4.78 is 19.9. The maximum atomic E-state index is 13.0. The molecule has 0 unspecified atom stereocenters. The van der Waals surface area contributed by atoms with Crippen LogP contribution in [0.1, 0.15) is 24.5 Å². The number of aromatic nitrogens is 2. The molecule has 0 amide bonds. The van der Waals surface area contributed by atoms with Crippen LogP contribution in [-0.2, 0) is 0 Å². The average molecular weight is 487 g/mol. The molecule has 0 aliphatic carbocycles. The normalized spacial score (nSPS) is 11.9. The molecule has 3 aromatic carbocycles. The Bertz CT molecular complexity index is 1590. The number of fused-ring (bicyclic) bond motifs is 3. The second-order valence-electron chi connectivity index (χ2n) is 8.14. The number of para-hydroxylation sites is 2. The molecule has 0 aliphatic rings. The van der Waals surface area contributed by atoms with E-state index in [-0.39, 0.29) is 5.56 Å². The van der Waals surface area contributed by atoms with Gasteiger partial charge >= 0.3 is 0 Å². The minimum atomic E-state index is -0.0643. The van der Waals surface area contributed by atoms with Gasteiger partial charge < -0.3 is 14.2 Å². The lowest BCUT2D eigenvalue weighted by atomic mass is 10.2. The molecule has 0 fully saturated rings. The zero-order valence-corrected chi connectivity index (χ0v) is 20.5. The molecule has 178 valence electrons. The van der Waals surface area contributed by atoms with Crippen molar-refractivity contribution in [3.63, 3.8) is 0 Å². The van der Waals surface area contributed by atoms with E-state index in [2.05, 4.69) is 4.98 Å². The van der Waals surface area contributed by atoms with Gasteiger partial charge in [0, 0.05) is 6.42 Å². The first-order valence-corrected chi connectivity index (χ1v) is 12.4. The molecule has 5 aromatic rings. The van der Waals surface area contributed by atoms with Crippen molar-refractivity contribution < 1.29 is 14.2 Å². The summed E-state index contributed by atoms with van der Waals surface area (Å²) in [6.07, 6.45) is 2.62. The summed E-state index contributed by atoms with van der Waals surface area (Å²) in [4.78, 5) is 18.3. The van der Waals surface area contributed by atoms with Gasteiger partial charge in [0.15, 0.2) is 16.5 Å². The van der Waals surface area contributed by atoms with E-state index in [1.54, 1.807) is 4.40 Å². The molecular weight excluding hydrogens is 460 g/mol. The Labute approximate surface area is 207 Å². The zero-order valence-electron chi connectivity index (χ0n) is 19.7. The van der Waals surface area contributed by atoms with Gasteiger partial charge in [-0.1, -0.05) is 41.7 Å². The second-order valence-corrected chi connectivity index (χ2v) is 9.15. The van der Waals surface area contributed by atoms with Crippen molar-refractivity contribution in [3.05, 3.63) is 92.7 Å². The summed E-state index contributed by atoms with van der Waals surface area (Å²) in [6, 6.07) is 21.4. The van der Waals surface area contributed by atoms with Gasteiger partial charge in [0.2, 0.25) is 0 Å². The van der Waals surface area contributed by atoms with E-state index in [4.69, 9.17) is 14.2 Å². The summed E-state index contributed by atoms with van der Waals surface area (Å²) in [5.41, 5.74) is 3.63. The number of aryl methyl sites for hydroxylation is 1. The molecule has 2 aromatic heterocycles. The highest BCUT2D eigenvalue weighted by Gasteiger charge is 2.11. The summed E-state index contributed by atoms with van der Waals surface area (Å²) in [6.45, 7) is 5.57. The number of rotatable bonds is 9. The predicted molar refractivity (Wildman–Crippen MR) is 140 cm³/mol. The molecule has 0 N–H and O–H groups in total. The van der Waals surface area contributed by atoms with Crippen LogP contribution >= 0.6 is 11.3 Å². The van der Waals surface area contributed by atoms with E-state index in [1.807, 2.05) is 86.7 Å². The fraction of sp³-hybridized carbons (Fsp3) is 0.214.